The van der Waals surface area contributed by atoms with E-state index >= 15 is 0 Å². The van der Waals surface area contributed by atoms with Gasteiger partial charge in [-0.25, -0.2) is 0 Å². The van der Waals surface area contributed by atoms with E-state index in [9.17, 15) is 15.0 Å². The van der Waals surface area contributed by atoms with Gasteiger partial charge in [0.1, 0.15) is 17.3 Å². The van der Waals surface area contributed by atoms with Crippen LogP contribution in [-0.2, 0) is 22.1 Å². The molecule has 2 aromatic rings. The fourth-order valence-electron chi connectivity index (χ4n) is 3.64. The summed E-state index contributed by atoms with van der Waals surface area (Å²) < 4.78 is 6.72. The molecule has 0 aliphatic carbocycles. The van der Waals surface area contributed by atoms with E-state index in [1.807, 2.05) is 12.1 Å². The van der Waals surface area contributed by atoms with Crippen LogP contribution < -0.4 is 5.32 Å². The van der Waals surface area contributed by atoms with Gasteiger partial charge in [-0.2, -0.15) is 0 Å². The topological polar surface area (TPSA) is 78.8 Å². The lowest BCUT2D eigenvalue weighted by Gasteiger charge is -2.40. The van der Waals surface area contributed by atoms with Crippen LogP contribution in [0.25, 0.3) is 0 Å². The predicted octanol–water partition coefficient (Wildman–Crippen LogP) is 5.90. The number of Topliss-reactive ketones (excluding diaryl/α,β-unsaturated/α-hetero) is 1. The molecular formula is C27H41NO4Si. The Hall–Kier alpha value is -2.15. The zero-order valence-electron chi connectivity index (χ0n) is 21.5. The Balaban J connectivity index is 2.22. The minimum Gasteiger partial charge on any atom is -0.508 e. The van der Waals surface area contributed by atoms with Crippen molar-refractivity contribution in [1.29, 1.82) is 0 Å². The minimum atomic E-state index is -2.11. The van der Waals surface area contributed by atoms with Gasteiger partial charge in [0.15, 0.2) is 8.32 Å². The molecule has 0 saturated heterocycles. The van der Waals surface area contributed by atoms with Crippen molar-refractivity contribution in [2.75, 3.05) is 6.54 Å². The molecule has 33 heavy (non-hydrogen) atoms. The predicted molar refractivity (Wildman–Crippen MR) is 137 cm³/mol. The van der Waals surface area contributed by atoms with Crippen LogP contribution in [0, 0.1) is 0 Å². The van der Waals surface area contributed by atoms with Gasteiger partial charge in [0.2, 0.25) is 0 Å². The summed E-state index contributed by atoms with van der Waals surface area (Å²) in [6, 6.07) is 12.8. The van der Waals surface area contributed by atoms with Crippen molar-refractivity contribution in [3.63, 3.8) is 0 Å². The Morgan fingerprint density at radius 2 is 1.58 bits per heavy atom. The molecule has 0 radical (unpaired) electrons. The normalized spacial score (nSPS) is 13.7. The van der Waals surface area contributed by atoms with Gasteiger partial charge in [-0.1, -0.05) is 45.0 Å². The number of phenolic OH excluding ortho intramolecular Hbond substituents is 2. The van der Waals surface area contributed by atoms with E-state index in [0.29, 0.717) is 13.0 Å². The highest BCUT2D eigenvalue weighted by molar-refractivity contribution is 6.74. The molecule has 5 nitrogen and oxygen atoms in total. The molecule has 0 aliphatic rings. The number of hydrogen-bond donors (Lipinski definition) is 3. The largest absolute Gasteiger partial charge is 0.508 e. The fraction of sp³-hybridized carbons (Fsp3) is 0.519. The molecule has 1 atom stereocenters. The summed E-state index contributed by atoms with van der Waals surface area (Å²) in [5.74, 6) is 0.204. The first kappa shape index (κ1) is 27.1. The number of aromatic hydroxyl groups is 2. The van der Waals surface area contributed by atoms with E-state index in [4.69, 9.17) is 4.43 Å². The summed E-state index contributed by atoms with van der Waals surface area (Å²) in [7, 11) is -2.11. The van der Waals surface area contributed by atoms with Gasteiger partial charge >= 0.3 is 0 Å². The molecule has 6 heteroatoms. The number of ketones is 1. The average molecular weight is 472 g/mol. The lowest BCUT2D eigenvalue weighted by Crippen LogP contribution is -2.47. The lowest BCUT2D eigenvalue weighted by molar-refractivity contribution is -0.116. The molecule has 0 amide bonds. The van der Waals surface area contributed by atoms with Crippen molar-refractivity contribution < 1.29 is 19.4 Å². The number of phenols is 2. The third-order valence-corrected chi connectivity index (χ3v) is 10.9. The zero-order chi connectivity index (χ0) is 25.0. The van der Waals surface area contributed by atoms with Crippen molar-refractivity contribution >= 4 is 14.1 Å². The maximum atomic E-state index is 11.5. The van der Waals surface area contributed by atoms with Gasteiger partial charge < -0.3 is 20.0 Å². The number of carbonyl (C=O) groups is 1. The molecular weight excluding hydrogens is 430 g/mol. The van der Waals surface area contributed by atoms with E-state index in [1.165, 1.54) is 11.6 Å². The summed E-state index contributed by atoms with van der Waals surface area (Å²) >= 11 is 0. The monoisotopic (exact) mass is 471 g/mol. The molecule has 0 spiro atoms. The van der Waals surface area contributed by atoms with Gasteiger partial charge in [-0.05, 0) is 74.1 Å². The second kappa shape index (κ2) is 10.4. The van der Waals surface area contributed by atoms with Crippen LogP contribution in [-0.4, -0.2) is 36.4 Å². The van der Waals surface area contributed by atoms with Crippen molar-refractivity contribution in [1.82, 2.24) is 5.32 Å². The molecule has 0 fully saturated rings. The van der Waals surface area contributed by atoms with Crippen LogP contribution in [0.1, 0.15) is 64.3 Å². The molecule has 0 aliphatic heterocycles. The highest BCUT2D eigenvalue weighted by Crippen LogP contribution is 2.40. The number of benzene rings is 2. The number of rotatable bonds is 10. The second-order valence-electron chi connectivity index (χ2n) is 11.3. The van der Waals surface area contributed by atoms with Crippen LogP contribution in [0.3, 0.4) is 0 Å². The van der Waals surface area contributed by atoms with Crippen molar-refractivity contribution in [2.45, 2.75) is 84.2 Å². The molecule has 0 aromatic heterocycles. The molecule has 2 rings (SSSR count). The Labute approximate surface area is 200 Å². The summed E-state index contributed by atoms with van der Waals surface area (Å²) in [6.45, 7) is 17.4. The smallest absolute Gasteiger partial charge is 0.192 e. The summed E-state index contributed by atoms with van der Waals surface area (Å²) in [4.78, 5) is 11.5. The van der Waals surface area contributed by atoms with E-state index < -0.39 is 8.32 Å². The minimum absolute atomic E-state index is 0.0235. The summed E-state index contributed by atoms with van der Waals surface area (Å²) in [6.07, 6.45) is 0.925. The molecule has 182 valence electrons. The van der Waals surface area contributed by atoms with Crippen LogP contribution in [0.2, 0.25) is 18.1 Å². The Kier molecular flexibility index (Phi) is 8.55. The van der Waals surface area contributed by atoms with Crippen molar-refractivity contribution in [3.8, 4) is 11.5 Å². The first-order valence-corrected chi connectivity index (χ1v) is 14.5. The Bertz CT molecular complexity index is 943. The van der Waals surface area contributed by atoms with E-state index in [-0.39, 0.29) is 34.0 Å². The SMILES string of the molecule is CC(=O)Cc1cccc(CC(C)(C)NC[C@@H](O[Si](C)(C)C(C)(C)C)c2cc(O)cc(O)c2)c1. The molecule has 0 unspecified atom stereocenters. The van der Waals surface area contributed by atoms with Gasteiger partial charge in [0.25, 0.3) is 0 Å². The highest BCUT2D eigenvalue weighted by Gasteiger charge is 2.39. The van der Waals surface area contributed by atoms with Crippen molar-refractivity contribution in [3.05, 3.63) is 59.2 Å². The number of nitrogens with one attached hydrogen (secondary N) is 1. The Morgan fingerprint density at radius 3 is 2.12 bits per heavy atom. The molecule has 3 N–H and O–H groups in total. The maximum Gasteiger partial charge on any atom is 0.192 e. The fourth-order valence-corrected chi connectivity index (χ4v) is 4.93. The molecule has 0 bridgehead atoms. The summed E-state index contributed by atoms with van der Waals surface area (Å²) in [5, 5.41) is 23.8. The number of hydrogen-bond acceptors (Lipinski definition) is 5. The lowest BCUT2D eigenvalue weighted by atomic mass is 9.93. The van der Waals surface area contributed by atoms with Gasteiger partial charge in [-0.3, -0.25) is 4.79 Å². The highest BCUT2D eigenvalue weighted by atomic mass is 28.4. The van der Waals surface area contributed by atoms with Gasteiger partial charge in [0.05, 0.1) is 6.10 Å². The van der Waals surface area contributed by atoms with Crippen LogP contribution in [0.5, 0.6) is 11.5 Å². The molecule has 0 saturated carbocycles. The average Bonchev–Trinajstić information content (AvgIpc) is 2.62. The van der Waals surface area contributed by atoms with Crippen LogP contribution in [0.4, 0.5) is 0 Å². The third-order valence-electron chi connectivity index (χ3n) is 6.40. The Morgan fingerprint density at radius 1 is 1.00 bits per heavy atom. The summed E-state index contributed by atoms with van der Waals surface area (Å²) in [5.41, 5.74) is 2.72. The quantitative estimate of drug-likeness (QED) is 0.376. The third kappa shape index (κ3) is 8.29. The van der Waals surface area contributed by atoms with Crippen LogP contribution >= 0.6 is 0 Å². The van der Waals surface area contributed by atoms with Crippen molar-refractivity contribution in [2.24, 2.45) is 0 Å². The first-order valence-electron chi connectivity index (χ1n) is 11.6. The van der Waals surface area contributed by atoms with Gasteiger partial charge in [0, 0.05) is 24.6 Å². The molecule has 0 heterocycles. The van der Waals surface area contributed by atoms with Gasteiger partial charge in [-0.15, -0.1) is 0 Å². The van der Waals surface area contributed by atoms with E-state index in [1.54, 1.807) is 19.1 Å². The zero-order valence-corrected chi connectivity index (χ0v) is 22.5. The molecule has 2 aromatic carbocycles. The van der Waals surface area contributed by atoms with Crippen LogP contribution in [0.15, 0.2) is 42.5 Å². The van der Waals surface area contributed by atoms with E-state index in [0.717, 1.165) is 17.5 Å². The maximum absolute atomic E-state index is 11.5. The number of carbonyl (C=O) groups excluding carboxylic acids is 1. The second-order valence-corrected chi connectivity index (χ2v) is 16.0. The standard InChI is InChI=1S/C27H41NO4Si/c1-19(29)12-20-10-9-11-21(13-20)17-27(5,6)28-18-25(32-33(7,8)26(2,3)4)22-14-23(30)16-24(31)15-22/h9-11,13-16,25,28,30-31H,12,17-18H2,1-8H3/t25-/m1/s1. The van der Waals surface area contributed by atoms with E-state index in [2.05, 4.69) is 65.2 Å². The first-order chi connectivity index (χ1) is 15.1.